The smallest absolute Gasteiger partial charge is 0.283 e. The van der Waals surface area contributed by atoms with Crippen LogP contribution in [0, 0.1) is 6.92 Å². The van der Waals surface area contributed by atoms with Crippen LogP contribution in [0.4, 0.5) is 11.8 Å². The lowest BCUT2D eigenvalue weighted by atomic mass is 10.1. The van der Waals surface area contributed by atoms with E-state index in [1.165, 1.54) is 0 Å². The molecule has 2 aromatic heterocycles. The van der Waals surface area contributed by atoms with Crippen LogP contribution in [0.3, 0.4) is 0 Å². The van der Waals surface area contributed by atoms with E-state index in [1.807, 2.05) is 13.0 Å². The zero-order valence-corrected chi connectivity index (χ0v) is 20.2. The van der Waals surface area contributed by atoms with Crippen molar-refractivity contribution in [1.29, 1.82) is 0 Å². The van der Waals surface area contributed by atoms with Gasteiger partial charge in [-0.05, 0) is 50.1 Å². The van der Waals surface area contributed by atoms with E-state index in [-0.39, 0.29) is 10.4 Å². The minimum atomic E-state index is -3.90. The monoisotopic (exact) mass is 494 g/mol. The molecular weight excluding hydrogens is 472 g/mol. The van der Waals surface area contributed by atoms with Gasteiger partial charge in [0.2, 0.25) is 5.95 Å². The Bertz CT molecular complexity index is 1480. The highest BCUT2D eigenvalue weighted by Gasteiger charge is 2.53. The van der Waals surface area contributed by atoms with Crippen molar-refractivity contribution in [2.24, 2.45) is 0 Å². The molecule has 0 unspecified atom stereocenters. The van der Waals surface area contributed by atoms with E-state index in [2.05, 4.69) is 19.8 Å². The maximum atomic E-state index is 13.6. The Labute approximate surface area is 202 Å². The second-order valence-electron chi connectivity index (χ2n) is 8.96. The molecule has 2 fully saturated rings. The van der Waals surface area contributed by atoms with Crippen LogP contribution >= 0.6 is 11.6 Å². The lowest BCUT2D eigenvalue weighted by Crippen LogP contribution is -2.56. The molecule has 0 N–H and O–H groups in total. The van der Waals surface area contributed by atoms with Gasteiger partial charge in [0.1, 0.15) is 0 Å². The fraction of sp³-hybridized carbons (Fsp3) is 0.292. The van der Waals surface area contributed by atoms with Crippen molar-refractivity contribution in [3.63, 3.8) is 0 Å². The van der Waals surface area contributed by atoms with E-state index >= 15 is 0 Å². The zero-order chi connectivity index (χ0) is 23.5. The third-order valence-corrected chi connectivity index (χ3v) is 8.64. The van der Waals surface area contributed by atoms with E-state index in [4.69, 9.17) is 16.7 Å². The van der Waals surface area contributed by atoms with Gasteiger partial charge in [-0.3, -0.25) is 0 Å². The number of anilines is 2. The predicted octanol–water partition coefficient (Wildman–Crippen LogP) is 3.88. The van der Waals surface area contributed by atoms with Gasteiger partial charge in [-0.15, -0.1) is 5.10 Å². The molecule has 2 aromatic carbocycles. The van der Waals surface area contributed by atoms with Gasteiger partial charge in [-0.25, -0.2) is 9.97 Å². The van der Waals surface area contributed by atoms with Crippen LogP contribution in [0.15, 0.2) is 65.8 Å². The molecule has 34 heavy (non-hydrogen) atoms. The Morgan fingerprint density at radius 2 is 1.71 bits per heavy atom. The summed E-state index contributed by atoms with van der Waals surface area (Å²) in [5.41, 5.74) is 1.33. The number of aromatic nitrogens is 4. The first kappa shape index (κ1) is 21.4. The molecule has 8 nitrogen and oxygen atoms in total. The highest BCUT2D eigenvalue weighted by Crippen LogP contribution is 2.49. The van der Waals surface area contributed by atoms with Crippen LogP contribution < -0.4 is 9.80 Å². The first-order chi connectivity index (χ1) is 16.4. The quantitative estimate of drug-likeness (QED) is 0.425. The predicted molar refractivity (Wildman–Crippen MR) is 132 cm³/mol. The molecule has 3 heterocycles. The van der Waals surface area contributed by atoms with E-state index in [9.17, 15) is 8.42 Å². The molecule has 6 rings (SSSR count). The summed E-state index contributed by atoms with van der Waals surface area (Å²) < 4.78 is 28.3. The summed E-state index contributed by atoms with van der Waals surface area (Å²) in [5.74, 6) is 1.33. The van der Waals surface area contributed by atoms with Crippen LogP contribution in [0.1, 0.15) is 18.4 Å². The molecule has 4 aromatic rings. The van der Waals surface area contributed by atoms with Crippen LogP contribution in [-0.2, 0) is 10.0 Å². The fourth-order valence-electron chi connectivity index (χ4n) is 4.77. The Hall–Kier alpha value is -3.17. The van der Waals surface area contributed by atoms with Gasteiger partial charge in [0.15, 0.2) is 5.82 Å². The van der Waals surface area contributed by atoms with Crippen molar-refractivity contribution in [3.8, 4) is 0 Å². The number of aryl methyl sites for hydroxylation is 1. The highest BCUT2D eigenvalue weighted by molar-refractivity contribution is 7.90. The summed E-state index contributed by atoms with van der Waals surface area (Å²) in [6.45, 7) is 4.04. The first-order valence-electron chi connectivity index (χ1n) is 11.2. The SMILES string of the molecule is Cc1ccc(S(=O)(=O)n2nc(N3CCN(c4ncccn4)CC34CC4)c3c(Cl)cccc32)cc1. The summed E-state index contributed by atoms with van der Waals surface area (Å²) in [6, 6.07) is 13.9. The van der Waals surface area contributed by atoms with E-state index < -0.39 is 10.0 Å². The second-order valence-corrected chi connectivity index (χ2v) is 11.1. The minimum Gasteiger partial charge on any atom is -0.345 e. The summed E-state index contributed by atoms with van der Waals surface area (Å²) in [4.78, 5) is 13.4. The minimum absolute atomic E-state index is 0.143. The molecule has 0 radical (unpaired) electrons. The summed E-state index contributed by atoms with van der Waals surface area (Å²) in [5, 5.41) is 5.85. The van der Waals surface area contributed by atoms with E-state index in [0.29, 0.717) is 40.8 Å². The van der Waals surface area contributed by atoms with Crippen molar-refractivity contribution in [2.75, 3.05) is 29.4 Å². The van der Waals surface area contributed by atoms with Gasteiger partial charge in [0.05, 0.1) is 26.4 Å². The number of piperazine rings is 1. The normalized spacial score (nSPS) is 17.5. The second kappa shape index (κ2) is 7.68. The Kier molecular flexibility index (Phi) is 4.82. The topological polar surface area (TPSA) is 84.2 Å². The van der Waals surface area contributed by atoms with Gasteiger partial charge in [-0.1, -0.05) is 35.4 Å². The molecule has 1 saturated heterocycles. The third-order valence-electron chi connectivity index (χ3n) is 6.72. The lowest BCUT2D eigenvalue weighted by molar-refractivity contribution is 0.498. The molecule has 174 valence electrons. The largest absolute Gasteiger partial charge is 0.345 e. The molecule has 2 aliphatic rings. The first-order valence-corrected chi connectivity index (χ1v) is 13.0. The number of benzene rings is 2. The van der Waals surface area contributed by atoms with Crippen molar-refractivity contribution < 1.29 is 8.42 Å². The van der Waals surface area contributed by atoms with E-state index in [0.717, 1.165) is 29.0 Å². The Morgan fingerprint density at radius 3 is 2.41 bits per heavy atom. The van der Waals surface area contributed by atoms with Crippen LogP contribution in [0.2, 0.25) is 5.02 Å². The number of rotatable bonds is 4. The fourth-order valence-corrected chi connectivity index (χ4v) is 6.30. The molecule has 1 aliphatic heterocycles. The van der Waals surface area contributed by atoms with Crippen molar-refractivity contribution in [2.45, 2.75) is 30.2 Å². The van der Waals surface area contributed by atoms with Gasteiger partial charge >= 0.3 is 0 Å². The molecule has 1 spiro atoms. The van der Waals surface area contributed by atoms with Crippen molar-refractivity contribution >= 4 is 44.3 Å². The van der Waals surface area contributed by atoms with Crippen LogP contribution in [0.5, 0.6) is 0 Å². The Morgan fingerprint density at radius 1 is 0.971 bits per heavy atom. The van der Waals surface area contributed by atoms with Gasteiger partial charge in [0, 0.05) is 32.0 Å². The average molecular weight is 495 g/mol. The van der Waals surface area contributed by atoms with Crippen LogP contribution in [0.25, 0.3) is 10.9 Å². The highest BCUT2D eigenvalue weighted by atomic mass is 35.5. The molecule has 0 amide bonds. The van der Waals surface area contributed by atoms with Gasteiger partial charge in [-0.2, -0.15) is 12.5 Å². The Balaban J connectivity index is 1.45. The molecule has 1 saturated carbocycles. The zero-order valence-electron chi connectivity index (χ0n) is 18.6. The summed E-state index contributed by atoms with van der Waals surface area (Å²) >= 11 is 6.64. The van der Waals surface area contributed by atoms with Crippen molar-refractivity contribution in [1.82, 2.24) is 19.2 Å². The molecule has 1 aliphatic carbocycles. The number of hydrogen-bond donors (Lipinski definition) is 0. The van der Waals surface area contributed by atoms with E-state index in [1.54, 1.807) is 54.9 Å². The molecular formula is C24H23ClN6O2S. The summed E-state index contributed by atoms with van der Waals surface area (Å²) in [6.07, 6.45) is 5.47. The maximum absolute atomic E-state index is 13.6. The van der Waals surface area contributed by atoms with Gasteiger partial charge in [0.25, 0.3) is 10.0 Å². The number of halogens is 1. The average Bonchev–Trinajstić information content (AvgIpc) is 3.48. The number of nitrogens with zero attached hydrogens (tertiary/aromatic N) is 6. The lowest BCUT2D eigenvalue weighted by Gasteiger charge is -2.42. The van der Waals surface area contributed by atoms with Gasteiger partial charge < -0.3 is 9.80 Å². The molecule has 0 atom stereocenters. The number of fused-ring (bicyclic) bond motifs is 1. The molecule has 0 bridgehead atoms. The number of hydrogen-bond acceptors (Lipinski definition) is 7. The summed E-state index contributed by atoms with van der Waals surface area (Å²) in [7, 11) is -3.90. The third kappa shape index (κ3) is 3.33. The van der Waals surface area contributed by atoms with Crippen LogP contribution in [-0.4, -0.2) is 52.7 Å². The molecule has 10 heteroatoms. The maximum Gasteiger partial charge on any atom is 0.283 e. The van der Waals surface area contributed by atoms with Crippen molar-refractivity contribution in [3.05, 3.63) is 71.5 Å². The standard InChI is InChI=1S/C24H23ClN6O2S/c1-17-6-8-18(9-7-17)34(32,33)31-20-5-2-4-19(25)21(20)22(28-31)30-15-14-29(16-24(30)10-11-24)23-26-12-3-13-27-23/h2-9,12-13H,10-11,14-16H2,1H3.